The second kappa shape index (κ2) is 23.7. The zero-order valence-corrected chi connectivity index (χ0v) is 49.5. The molecule has 0 bridgehead atoms. The van der Waals surface area contributed by atoms with Crippen LogP contribution in [0.5, 0.6) is 0 Å². The van der Waals surface area contributed by atoms with Crippen molar-refractivity contribution < 1.29 is 134 Å². The van der Waals surface area contributed by atoms with Crippen LogP contribution in [0.25, 0.3) is 0 Å². The minimum absolute atomic E-state index is 0.126. The average molecular weight is 1220 g/mol. The molecule has 0 unspecified atom stereocenters. The molecule has 5 aliphatic carbocycles. The molecule has 5 saturated heterocycles. The van der Waals surface area contributed by atoms with Crippen LogP contribution >= 0.6 is 0 Å². The predicted molar refractivity (Wildman–Crippen MR) is 285 cm³/mol. The van der Waals surface area contributed by atoms with Crippen molar-refractivity contribution in [3.05, 3.63) is 11.6 Å². The van der Waals surface area contributed by atoms with Gasteiger partial charge in [-0.1, -0.05) is 53.2 Å². The maximum Gasteiger partial charge on any atom is 0.317 e. The largest absolute Gasteiger partial charge is 0.432 e. The highest BCUT2D eigenvalue weighted by Crippen LogP contribution is 2.76. The number of aliphatic hydroxyl groups is 16. The van der Waals surface area contributed by atoms with E-state index in [1.807, 2.05) is 6.92 Å². The summed E-state index contributed by atoms with van der Waals surface area (Å²) in [4.78, 5) is 15.4. The second-order valence-electron chi connectivity index (χ2n) is 28.4. The summed E-state index contributed by atoms with van der Waals surface area (Å²) >= 11 is 0. The summed E-state index contributed by atoms with van der Waals surface area (Å²) in [5.41, 5.74) is -6.14. The zero-order valence-electron chi connectivity index (χ0n) is 49.5. The lowest BCUT2D eigenvalue weighted by Gasteiger charge is -2.72. The van der Waals surface area contributed by atoms with Crippen LogP contribution < -0.4 is 0 Å². The van der Waals surface area contributed by atoms with Gasteiger partial charge in [0, 0.05) is 5.41 Å². The van der Waals surface area contributed by atoms with Gasteiger partial charge in [-0.15, -0.1) is 0 Å². The number of allylic oxidation sites excluding steroid dienone is 2. The maximum atomic E-state index is 15.4. The topological polar surface area (TPSA) is 433 Å². The Hall–Kier alpha value is -1.79. The van der Waals surface area contributed by atoms with E-state index in [1.54, 1.807) is 0 Å². The van der Waals surface area contributed by atoms with Gasteiger partial charge in [0.25, 0.3) is 0 Å². The van der Waals surface area contributed by atoms with E-state index in [1.165, 1.54) is 13.8 Å². The highest BCUT2D eigenvalue weighted by molar-refractivity contribution is 5.80. The van der Waals surface area contributed by atoms with E-state index in [2.05, 4.69) is 40.7 Å². The number of hydrogen-bond acceptors (Lipinski definition) is 27. The Balaban J connectivity index is 0.844. The first kappa shape index (κ1) is 66.1. The molecule has 4 saturated carbocycles. The Morgan fingerprint density at radius 3 is 1.94 bits per heavy atom. The van der Waals surface area contributed by atoms with Crippen LogP contribution in [0.4, 0.5) is 0 Å². The lowest BCUT2D eigenvalue weighted by atomic mass is 9.33. The zero-order chi connectivity index (χ0) is 62.2. The van der Waals surface area contributed by atoms with Gasteiger partial charge in [0.1, 0.15) is 90.4 Å². The molecular formula is C58H94O27. The highest BCUT2D eigenvalue weighted by Gasteiger charge is 2.73. The number of hydrogen-bond donors (Lipinski definition) is 16. The van der Waals surface area contributed by atoms with Crippen molar-refractivity contribution >= 4 is 5.97 Å². The van der Waals surface area contributed by atoms with Gasteiger partial charge >= 0.3 is 5.97 Å². The van der Waals surface area contributed by atoms with Gasteiger partial charge in [-0.2, -0.15) is 0 Å². The van der Waals surface area contributed by atoms with Gasteiger partial charge in [0.05, 0.1) is 63.6 Å². The number of carbonyl (C=O) groups excluding carboxylic acids is 1. The van der Waals surface area contributed by atoms with Gasteiger partial charge in [-0.3, -0.25) is 4.79 Å². The fraction of sp³-hybridized carbons (Fsp3) is 0.948. The molecule has 5 aliphatic heterocycles. The predicted octanol–water partition coefficient (Wildman–Crippen LogP) is -3.96. The third kappa shape index (κ3) is 10.7. The Morgan fingerprint density at radius 1 is 0.624 bits per heavy atom. The van der Waals surface area contributed by atoms with Crippen LogP contribution in [-0.4, -0.2) is 274 Å². The van der Waals surface area contributed by atoms with Crippen molar-refractivity contribution in [3.8, 4) is 0 Å². The Kier molecular flexibility index (Phi) is 18.5. The number of aliphatic hydroxyl groups excluding tert-OH is 15. The van der Waals surface area contributed by atoms with E-state index >= 15 is 4.79 Å². The van der Waals surface area contributed by atoms with Crippen molar-refractivity contribution in [1.82, 2.24) is 0 Å². The van der Waals surface area contributed by atoms with Crippen LogP contribution in [0.15, 0.2) is 11.6 Å². The lowest BCUT2D eigenvalue weighted by Crippen LogP contribution is -2.70. The van der Waals surface area contributed by atoms with Crippen LogP contribution in [0.1, 0.15) is 107 Å². The van der Waals surface area contributed by atoms with Crippen molar-refractivity contribution in [2.75, 3.05) is 33.0 Å². The molecule has 0 aromatic carbocycles. The number of fused-ring (bicyclic) bond motifs is 7. The third-order valence-corrected chi connectivity index (χ3v) is 22.9. The van der Waals surface area contributed by atoms with Crippen LogP contribution in [0.3, 0.4) is 0 Å². The molecule has 0 aromatic rings. The van der Waals surface area contributed by atoms with Crippen LogP contribution in [0.2, 0.25) is 0 Å². The number of ether oxygens (including phenoxy) is 10. The minimum atomic E-state index is -2.18. The van der Waals surface area contributed by atoms with Crippen molar-refractivity contribution in [3.63, 3.8) is 0 Å². The quantitative estimate of drug-likeness (QED) is 0.0475. The fourth-order valence-electron chi connectivity index (χ4n) is 17.5. The maximum absolute atomic E-state index is 15.4. The fourth-order valence-corrected chi connectivity index (χ4v) is 17.5. The summed E-state index contributed by atoms with van der Waals surface area (Å²) in [6, 6.07) is 0. The first-order chi connectivity index (χ1) is 39.7. The molecule has 27 heteroatoms. The SMILES string of the molecule is C[C@@H]1O[C@@H](OC[C@@]2(O)CO[C@@H](O[C@@H]3[C@@H](O)[C@@H](O)[C@H](O[C@H]4[C@@H](OC(=O)[C@]56CCC(C)(C)C[C@H]5C5=CC[C@@H]7[C@@]8(C)C[C@H](O)[C@H](O[C@@H]9O[C@H](CO)[C@@H](O)[C@H](O)[C@H]9O)[C@@](C)(CO)[C@@H]8CC[C@@]7(C)[C@]5(C)C[C@H]6O)OC[C@H](O)[C@@H]4O)O[C@H]3C)[C@@H]2O)[C@H](O)[C@H](O)[C@H]1O. The first-order valence-corrected chi connectivity index (χ1v) is 30.2. The van der Waals surface area contributed by atoms with E-state index in [4.69, 9.17) is 47.4 Å². The van der Waals surface area contributed by atoms with Crippen molar-refractivity contribution in [1.29, 1.82) is 0 Å². The average Bonchev–Trinajstić information content (AvgIpc) is 0.989. The molecule has 27 nitrogen and oxygen atoms in total. The minimum Gasteiger partial charge on any atom is -0.432 e. The van der Waals surface area contributed by atoms with Gasteiger partial charge in [0.15, 0.2) is 31.3 Å². The van der Waals surface area contributed by atoms with Crippen molar-refractivity contribution in [2.24, 2.45) is 50.2 Å². The lowest BCUT2D eigenvalue weighted by molar-refractivity contribution is -0.361. The molecule has 0 spiro atoms. The molecule has 5 heterocycles. The molecule has 85 heavy (non-hydrogen) atoms. The van der Waals surface area contributed by atoms with E-state index in [0.717, 1.165) is 5.57 Å². The molecule has 0 aromatic heterocycles. The van der Waals surface area contributed by atoms with Gasteiger partial charge < -0.3 is 129 Å². The normalized spacial score (nSPS) is 56.0. The summed E-state index contributed by atoms with van der Waals surface area (Å²) in [6.07, 6.45) is -32.0. The van der Waals surface area contributed by atoms with E-state index in [0.29, 0.717) is 32.1 Å². The summed E-state index contributed by atoms with van der Waals surface area (Å²) in [6.45, 7) is 12.5. The van der Waals surface area contributed by atoms with E-state index < -0.39 is 225 Å². The molecular weight excluding hydrogens is 1130 g/mol. The summed E-state index contributed by atoms with van der Waals surface area (Å²) in [5.74, 6) is -1.83. The van der Waals surface area contributed by atoms with E-state index in [9.17, 15) is 81.7 Å². The highest BCUT2D eigenvalue weighted by atomic mass is 16.8. The van der Waals surface area contributed by atoms with Gasteiger partial charge in [-0.05, 0) is 105 Å². The molecule has 488 valence electrons. The Bertz CT molecular complexity index is 2400. The number of carbonyl (C=O) groups is 1. The summed E-state index contributed by atoms with van der Waals surface area (Å²) in [5, 5.41) is 177. The molecule has 10 aliphatic rings. The smallest absolute Gasteiger partial charge is 0.317 e. The third-order valence-electron chi connectivity index (χ3n) is 22.9. The molecule has 10 rings (SSSR count). The van der Waals surface area contributed by atoms with Crippen molar-refractivity contribution in [2.45, 2.75) is 260 Å². The van der Waals surface area contributed by atoms with Crippen LogP contribution in [-0.2, 0) is 52.2 Å². The molecule has 0 radical (unpaired) electrons. The van der Waals surface area contributed by atoms with Gasteiger partial charge in [0.2, 0.25) is 6.29 Å². The Morgan fingerprint density at radius 2 is 1.26 bits per heavy atom. The Labute approximate surface area is 493 Å². The molecule has 9 fully saturated rings. The first-order valence-electron chi connectivity index (χ1n) is 30.2. The molecule has 16 N–H and O–H groups in total. The summed E-state index contributed by atoms with van der Waals surface area (Å²) in [7, 11) is 0. The summed E-state index contributed by atoms with van der Waals surface area (Å²) < 4.78 is 58.6. The standard InChI is InChI=1S/C58H94O27/c1-23-33(64)36(67)39(70)46(79-23)77-21-57(75)22-78-50(44(57)73)82-42-24(2)80-47(41(72)38(42)69)83-43-34(65)28(62)19-76-49(43)85-51(74)58-14-13-52(3,4)15-26(58)25-9-10-31-53(5)16-27(61)45(84-48-40(71)37(68)35(66)29(18-59)81-48)54(6,20-60)30(53)11-12-55(31,7)56(25,8)17-32(58)63/h9,23-24,26-50,59-73,75H,10-22H2,1-8H3/t23-,24-,26-,27-,28-,29+,30+,31+,32+,33-,34-,35+,36+,37-,38-,39+,40+,41+,42-,43+,44-,45-,46+,47-,48-,49+,50-,53-,54-,55+,56+,57+,58+/m0/s1. The van der Waals surface area contributed by atoms with Crippen LogP contribution in [0, 0.1) is 50.2 Å². The van der Waals surface area contributed by atoms with Gasteiger partial charge in [-0.25, -0.2) is 0 Å². The molecule has 33 atom stereocenters. The monoisotopic (exact) mass is 1220 g/mol. The number of esters is 1. The number of rotatable bonds is 13. The van der Waals surface area contributed by atoms with E-state index in [-0.39, 0.29) is 36.5 Å². The molecule has 0 amide bonds. The second-order valence-corrected chi connectivity index (χ2v) is 28.4.